The Labute approximate surface area is 163 Å². The maximum atomic E-state index is 12.9. The van der Waals surface area contributed by atoms with Gasteiger partial charge in [0.25, 0.3) is 5.91 Å². The number of tetrazole rings is 1. The molecule has 1 amide bonds. The van der Waals surface area contributed by atoms with Crippen molar-refractivity contribution in [1.82, 2.24) is 25.1 Å². The summed E-state index contributed by atoms with van der Waals surface area (Å²) in [6.45, 7) is 1.95. The molecule has 140 valence electrons. The van der Waals surface area contributed by atoms with Crippen LogP contribution >= 0.6 is 12.4 Å². The minimum atomic E-state index is 0. The Bertz CT molecular complexity index is 869. The third kappa shape index (κ3) is 3.84. The maximum Gasteiger partial charge on any atom is 0.253 e. The van der Waals surface area contributed by atoms with Crippen LogP contribution in [-0.2, 0) is 0 Å². The lowest BCUT2D eigenvalue weighted by atomic mass is 9.89. The number of rotatable bonds is 4. The summed E-state index contributed by atoms with van der Waals surface area (Å²) in [6, 6.07) is 17.6. The molecular weight excluding hydrogens is 364 g/mol. The van der Waals surface area contributed by atoms with Crippen molar-refractivity contribution in [3.63, 3.8) is 0 Å². The third-order valence-electron chi connectivity index (χ3n) is 4.99. The molecule has 1 aliphatic heterocycles. The molecule has 1 aromatic heterocycles. The molecule has 8 heteroatoms. The second kappa shape index (κ2) is 8.28. The average molecular weight is 385 g/mol. The molecule has 0 unspecified atom stereocenters. The van der Waals surface area contributed by atoms with Crippen LogP contribution in [0.2, 0.25) is 0 Å². The minimum Gasteiger partial charge on any atom is -0.338 e. The van der Waals surface area contributed by atoms with Crippen molar-refractivity contribution in [1.29, 1.82) is 0 Å². The van der Waals surface area contributed by atoms with Crippen LogP contribution in [0, 0.1) is 5.92 Å². The molecule has 0 radical (unpaired) electrons. The molecule has 7 nitrogen and oxygen atoms in total. The summed E-state index contributed by atoms with van der Waals surface area (Å²) in [5.74, 6) is 0.595. The molecule has 0 saturated carbocycles. The first kappa shape index (κ1) is 19.0. The van der Waals surface area contributed by atoms with E-state index in [1.54, 1.807) is 4.68 Å². The first-order valence-electron chi connectivity index (χ1n) is 8.64. The zero-order valence-electron chi connectivity index (χ0n) is 14.7. The number of nitrogens with zero attached hydrogens (tertiary/aromatic N) is 5. The van der Waals surface area contributed by atoms with E-state index in [0.29, 0.717) is 25.2 Å². The number of carbonyl (C=O) groups is 1. The number of nitrogens with two attached hydrogens (primary N) is 1. The number of carbonyl (C=O) groups excluding carboxylic acids is 1. The molecule has 1 fully saturated rings. The summed E-state index contributed by atoms with van der Waals surface area (Å²) in [5, 5.41) is 11.1. The monoisotopic (exact) mass is 384 g/mol. The Morgan fingerprint density at radius 3 is 2.44 bits per heavy atom. The number of likely N-dealkylation sites (tertiary alicyclic amines) is 1. The van der Waals surface area contributed by atoms with Crippen molar-refractivity contribution in [3.8, 4) is 5.69 Å². The van der Waals surface area contributed by atoms with Gasteiger partial charge in [-0.2, -0.15) is 0 Å². The van der Waals surface area contributed by atoms with Crippen molar-refractivity contribution in [2.45, 2.75) is 5.92 Å². The summed E-state index contributed by atoms with van der Waals surface area (Å²) in [7, 11) is 0. The largest absolute Gasteiger partial charge is 0.338 e. The topological polar surface area (TPSA) is 89.9 Å². The molecule has 1 aliphatic rings. The predicted octanol–water partition coefficient (Wildman–Crippen LogP) is 1.90. The van der Waals surface area contributed by atoms with Crippen molar-refractivity contribution in [2.75, 3.05) is 19.6 Å². The fourth-order valence-corrected chi connectivity index (χ4v) is 3.57. The summed E-state index contributed by atoms with van der Waals surface area (Å²) in [4.78, 5) is 14.8. The minimum absolute atomic E-state index is 0. The molecule has 2 aromatic carbocycles. The highest BCUT2D eigenvalue weighted by Crippen LogP contribution is 2.32. The fraction of sp³-hybridized carbons (Fsp3) is 0.263. The van der Waals surface area contributed by atoms with E-state index < -0.39 is 0 Å². The van der Waals surface area contributed by atoms with Crippen LogP contribution in [0.15, 0.2) is 60.9 Å². The molecule has 1 saturated heterocycles. The SMILES string of the molecule is Cl.NC[C@@H]1CN(C(=O)c2ccc(-n3cnnn3)cc2)C[C@H]1c1ccccc1. The van der Waals surface area contributed by atoms with Gasteiger partial charge in [0, 0.05) is 24.6 Å². The molecule has 2 heterocycles. The van der Waals surface area contributed by atoms with Crippen LogP contribution in [0.4, 0.5) is 0 Å². The number of halogens is 1. The van der Waals surface area contributed by atoms with E-state index in [2.05, 4.69) is 27.7 Å². The highest BCUT2D eigenvalue weighted by molar-refractivity contribution is 5.94. The van der Waals surface area contributed by atoms with Crippen LogP contribution in [0.3, 0.4) is 0 Å². The maximum absolute atomic E-state index is 12.9. The second-order valence-corrected chi connectivity index (χ2v) is 6.52. The molecule has 0 bridgehead atoms. The number of benzene rings is 2. The van der Waals surface area contributed by atoms with E-state index in [1.807, 2.05) is 47.4 Å². The van der Waals surface area contributed by atoms with E-state index in [1.165, 1.54) is 11.9 Å². The Morgan fingerprint density at radius 2 is 1.81 bits per heavy atom. The van der Waals surface area contributed by atoms with Gasteiger partial charge in [-0.1, -0.05) is 30.3 Å². The number of hydrogen-bond acceptors (Lipinski definition) is 5. The summed E-state index contributed by atoms with van der Waals surface area (Å²) < 4.78 is 1.56. The van der Waals surface area contributed by atoms with Crippen molar-refractivity contribution in [3.05, 3.63) is 72.1 Å². The molecule has 2 N–H and O–H groups in total. The van der Waals surface area contributed by atoms with Gasteiger partial charge in [-0.15, -0.1) is 17.5 Å². The van der Waals surface area contributed by atoms with Crippen molar-refractivity contribution < 1.29 is 4.79 Å². The zero-order chi connectivity index (χ0) is 17.9. The Kier molecular flexibility index (Phi) is 5.83. The standard InChI is InChI=1S/C19H20N6O.ClH/c20-10-16-11-24(12-18(16)14-4-2-1-3-5-14)19(26)15-6-8-17(9-7-15)25-13-21-22-23-25;/h1-9,13,16,18H,10-12,20H2;1H/t16-,18+;/m1./s1. The smallest absolute Gasteiger partial charge is 0.253 e. The Morgan fingerprint density at radius 1 is 1.07 bits per heavy atom. The number of amides is 1. The zero-order valence-corrected chi connectivity index (χ0v) is 15.5. The van der Waals surface area contributed by atoms with E-state index in [4.69, 9.17) is 5.73 Å². The summed E-state index contributed by atoms with van der Waals surface area (Å²) in [6.07, 6.45) is 1.52. The van der Waals surface area contributed by atoms with E-state index in [9.17, 15) is 4.79 Å². The highest BCUT2D eigenvalue weighted by atomic mass is 35.5. The van der Waals surface area contributed by atoms with Gasteiger partial charge in [-0.25, -0.2) is 4.68 Å². The Balaban J connectivity index is 0.00000210. The third-order valence-corrected chi connectivity index (χ3v) is 4.99. The average Bonchev–Trinajstić information content (AvgIpc) is 3.38. The van der Waals surface area contributed by atoms with Gasteiger partial charge in [0.1, 0.15) is 6.33 Å². The normalized spacial score (nSPS) is 18.9. The van der Waals surface area contributed by atoms with Crippen LogP contribution in [-0.4, -0.2) is 50.6 Å². The molecule has 27 heavy (non-hydrogen) atoms. The van der Waals surface area contributed by atoms with Gasteiger partial charge in [-0.3, -0.25) is 4.79 Å². The number of aromatic nitrogens is 4. The van der Waals surface area contributed by atoms with Gasteiger partial charge in [0.15, 0.2) is 0 Å². The predicted molar refractivity (Wildman–Crippen MR) is 104 cm³/mol. The molecule has 4 rings (SSSR count). The first-order valence-corrected chi connectivity index (χ1v) is 8.64. The van der Waals surface area contributed by atoms with Gasteiger partial charge < -0.3 is 10.6 Å². The first-order chi connectivity index (χ1) is 12.8. The van der Waals surface area contributed by atoms with Crippen molar-refractivity contribution in [2.24, 2.45) is 11.7 Å². The molecule has 3 aromatic rings. The van der Waals surface area contributed by atoms with Crippen LogP contribution in [0.25, 0.3) is 5.69 Å². The van der Waals surface area contributed by atoms with E-state index >= 15 is 0 Å². The highest BCUT2D eigenvalue weighted by Gasteiger charge is 2.35. The lowest BCUT2D eigenvalue weighted by Gasteiger charge is -2.17. The van der Waals surface area contributed by atoms with E-state index in [-0.39, 0.29) is 30.2 Å². The summed E-state index contributed by atoms with van der Waals surface area (Å²) in [5.41, 5.74) is 8.69. The van der Waals surface area contributed by atoms with Gasteiger partial charge >= 0.3 is 0 Å². The molecule has 0 spiro atoms. The molecule has 2 atom stereocenters. The molecule has 0 aliphatic carbocycles. The summed E-state index contributed by atoms with van der Waals surface area (Å²) >= 11 is 0. The van der Waals surface area contributed by atoms with E-state index in [0.717, 1.165) is 5.69 Å². The lowest BCUT2D eigenvalue weighted by molar-refractivity contribution is 0.0786. The number of hydrogen-bond donors (Lipinski definition) is 1. The quantitative estimate of drug-likeness (QED) is 0.742. The Hall–Kier alpha value is -2.77. The van der Waals surface area contributed by atoms with Crippen LogP contribution in [0.1, 0.15) is 21.8 Å². The van der Waals surface area contributed by atoms with Gasteiger partial charge in [0.2, 0.25) is 0 Å². The molecular formula is C19H21ClN6O. The van der Waals surface area contributed by atoms with Crippen LogP contribution in [0.5, 0.6) is 0 Å². The van der Waals surface area contributed by atoms with Crippen molar-refractivity contribution >= 4 is 18.3 Å². The lowest BCUT2D eigenvalue weighted by Crippen LogP contribution is -2.29. The fourth-order valence-electron chi connectivity index (χ4n) is 3.57. The van der Waals surface area contributed by atoms with Gasteiger partial charge in [-0.05, 0) is 52.7 Å². The van der Waals surface area contributed by atoms with Gasteiger partial charge in [0.05, 0.1) is 5.69 Å². The van der Waals surface area contributed by atoms with Crippen LogP contribution < -0.4 is 5.73 Å². The second-order valence-electron chi connectivity index (χ2n) is 6.52.